The summed E-state index contributed by atoms with van der Waals surface area (Å²) in [6, 6.07) is 19.7. The molecule has 0 aliphatic heterocycles. The summed E-state index contributed by atoms with van der Waals surface area (Å²) in [6.45, 7) is 0. The Kier molecular flexibility index (Phi) is 9.71. The Bertz CT molecular complexity index is 818. The Morgan fingerprint density at radius 1 is 0.781 bits per heavy atom. The molecular weight excluding hydrogens is 523 g/mol. The van der Waals surface area contributed by atoms with Crippen molar-refractivity contribution < 1.29 is 32.8 Å². The molecule has 176 valence electrons. The Balaban J connectivity index is 0.000000170. The molecule has 4 saturated carbocycles. The first kappa shape index (κ1) is 26.2. The number of hydrogen-bond acceptors (Lipinski definition) is 1. The Hall–Kier alpha value is -0.378. The molecule has 2 unspecified atom stereocenters. The number of rotatable bonds is 4. The second-order valence-corrected chi connectivity index (χ2v) is 12.2. The van der Waals surface area contributed by atoms with Gasteiger partial charge in [0.25, 0.3) is 0 Å². The Morgan fingerprint density at radius 3 is 1.84 bits per heavy atom. The van der Waals surface area contributed by atoms with Crippen molar-refractivity contribution in [3.8, 4) is 11.1 Å². The fourth-order valence-electron chi connectivity index (χ4n) is 6.82. The smallest absolute Gasteiger partial charge is 1.00 e. The van der Waals surface area contributed by atoms with E-state index in [-0.39, 0.29) is 32.8 Å². The fraction of sp³-hybridized carbons (Fsp3) is 0.571. The summed E-state index contributed by atoms with van der Waals surface area (Å²) in [7, 11) is 5.49. The van der Waals surface area contributed by atoms with Crippen molar-refractivity contribution in [2.75, 3.05) is 19.0 Å². The molecule has 4 heteroatoms. The van der Waals surface area contributed by atoms with E-state index in [4.69, 9.17) is 0 Å². The fourth-order valence-corrected chi connectivity index (χ4v) is 9.46. The number of para-hydroxylation sites is 1. The number of benzene rings is 2. The van der Waals surface area contributed by atoms with Gasteiger partial charge in [-0.3, -0.25) is 0 Å². The average molecular weight is 560 g/mol. The molecule has 0 N–H and O–H groups in total. The van der Waals surface area contributed by atoms with Crippen molar-refractivity contribution in [1.82, 2.24) is 0 Å². The zero-order chi connectivity index (χ0) is 20.5. The predicted molar refractivity (Wildman–Crippen MR) is 132 cm³/mol. The van der Waals surface area contributed by atoms with E-state index in [2.05, 4.69) is 55.4 Å². The molecule has 0 aromatic heterocycles. The van der Waals surface area contributed by atoms with E-state index in [9.17, 15) is 0 Å². The van der Waals surface area contributed by atoms with Crippen LogP contribution in [0.4, 0.5) is 5.69 Å². The number of nitrogens with zero attached hydrogens (tertiary/aromatic N) is 1. The van der Waals surface area contributed by atoms with Crippen LogP contribution in [0.15, 0.2) is 48.5 Å². The van der Waals surface area contributed by atoms with Crippen LogP contribution in [0.5, 0.6) is 0 Å². The van der Waals surface area contributed by atoms with Crippen LogP contribution in [0, 0.1) is 29.7 Å². The molecule has 0 amide bonds. The summed E-state index contributed by atoms with van der Waals surface area (Å²) in [5.74, 6) is 4.72. The summed E-state index contributed by atoms with van der Waals surface area (Å²) < 4.78 is 0. The van der Waals surface area contributed by atoms with Gasteiger partial charge < -0.3 is 17.3 Å². The molecule has 2 aromatic carbocycles. The van der Waals surface area contributed by atoms with Crippen LogP contribution in [0.25, 0.3) is 11.1 Å². The second-order valence-electron chi connectivity index (χ2n) is 10.4. The average Bonchev–Trinajstić information content (AvgIpc) is 3.57. The van der Waals surface area contributed by atoms with Gasteiger partial charge in [0.2, 0.25) is 0 Å². The molecule has 4 aliphatic carbocycles. The summed E-state index contributed by atoms with van der Waals surface area (Å²) in [5, 5.41) is 0. The second kappa shape index (κ2) is 11.8. The van der Waals surface area contributed by atoms with Crippen LogP contribution in [0.3, 0.4) is 0 Å². The van der Waals surface area contributed by atoms with Crippen molar-refractivity contribution in [2.24, 2.45) is 23.7 Å². The molecule has 0 saturated heterocycles. The van der Waals surface area contributed by atoms with Crippen molar-refractivity contribution >= 4 is 14.3 Å². The van der Waals surface area contributed by atoms with E-state index >= 15 is 0 Å². The van der Waals surface area contributed by atoms with Gasteiger partial charge in [-0.05, 0) is 79.6 Å². The maximum Gasteiger partial charge on any atom is 2.00 e. The van der Waals surface area contributed by atoms with Gasteiger partial charge in [-0.25, -0.2) is 0 Å². The minimum absolute atomic E-state index is 0. The number of hydrogen-bond donors (Lipinski definition) is 0. The van der Waals surface area contributed by atoms with Crippen LogP contribution < -0.4 is 17.3 Å². The van der Waals surface area contributed by atoms with Gasteiger partial charge in [-0.1, -0.05) is 36.6 Å². The maximum atomic E-state index is 3.25. The molecule has 0 heterocycles. The van der Waals surface area contributed by atoms with E-state index in [1.54, 1.807) is 51.4 Å². The summed E-state index contributed by atoms with van der Waals surface area (Å²) in [6.07, 6.45) is 12.9. The predicted octanol–water partition coefficient (Wildman–Crippen LogP) is 4.26. The molecule has 0 spiro atoms. The maximum absolute atomic E-state index is 3.25. The van der Waals surface area contributed by atoms with E-state index in [1.165, 1.54) is 54.8 Å². The molecule has 4 fully saturated rings. The van der Waals surface area contributed by atoms with E-state index in [0.717, 1.165) is 5.56 Å². The van der Waals surface area contributed by atoms with Crippen LogP contribution in [0.1, 0.15) is 51.4 Å². The SMILES string of the molecule is C1C[C@@H]2C[C@H]1CC2P[C@H]1C[C@@H]2CC[C@H]1C2.CN(C)c1ccccc1-c1[c-]cccc1.[Cl-].[Pd+2]. The molecule has 6 rings (SSSR count). The van der Waals surface area contributed by atoms with E-state index < -0.39 is 0 Å². The van der Waals surface area contributed by atoms with Gasteiger partial charge in [0.15, 0.2) is 0 Å². The number of fused-ring (bicyclic) bond motifs is 4. The normalized spacial score (nSPS) is 31.7. The minimum atomic E-state index is 0. The molecule has 1 nitrogen and oxygen atoms in total. The molecule has 0 radical (unpaired) electrons. The topological polar surface area (TPSA) is 3.24 Å². The standard InChI is InChI=1S/C14H14N.C14H23P.ClH.Pd/c1-15(2)14-11-7-6-10-13(14)12-8-4-3-5-9-12;1-3-11-5-9(1)7-13(11)15-14-8-10-2-4-12(14)6-10;;/h3-8,10-11H,1-2H3;9-15H,1-8H2;1H;/q-1;;;+2/p-1/t;9-,10+,11+,12-,13+,14?;;/m.1../s1. The third-order valence-electron chi connectivity index (χ3n) is 8.29. The Labute approximate surface area is 217 Å². The molecule has 4 bridgehead atoms. The van der Waals surface area contributed by atoms with Crippen LogP contribution >= 0.6 is 8.58 Å². The summed E-state index contributed by atoms with van der Waals surface area (Å²) >= 11 is 0. The van der Waals surface area contributed by atoms with Gasteiger partial charge in [0.05, 0.1) is 0 Å². The zero-order valence-corrected chi connectivity index (χ0v) is 22.7. The van der Waals surface area contributed by atoms with Crippen LogP contribution in [0.2, 0.25) is 0 Å². The Morgan fingerprint density at radius 2 is 1.38 bits per heavy atom. The molecule has 4 aliphatic rings. The van der Waals surface area contributed by atoms with Gasteiger partial charge in [-0.15, -0.1) is 44.5 Å². The van der Waals surface area contributed by atoms with Crippen molar-refractivity contribution in [3.05, 3.63) is 54.6 Å². The van der Waals surface area contributed by atoms with Crippen molar-refractivity contribution in [1.29, 1.82) is 0 Å². The third-order valence-corrected chi connectivity index (χ3v) is 10.6. The monoisotopic (exact) mass is 559 g/mol. The van der Waals surface area contributed by atoms with Crippen LogP contribution in [-0.2, 0) is 20.4 Å². The summed E-state index contributed by atoms with van der Waals surface area (Å²) in [5.41, 5.74) is 5.99. The number of halogens is 1. The van der Waals surface area contributed by atoms with Gasteiger partial charge in [-0.2, -0.15) is 0 Å². The van der Waals surface area contributed by atoms with Crippen LogP contribution in [-0.4, -0.2) is 25.4 Å². The quantitative estimate of drug-likeness (QED) is 0.307. The molecule has 32 heavy (non-hydrogen) atoms. The van der Waals surface area contributed by atoms with Gasteiger partial charge >= 0.3 is 20.4 Å². The first-order chi connectivity index (χ1) is 14.7. The first-order valence-electron chi connectivity index (χ1n) is 12.2. The van der Waals surface area contributed by atoms with E-state index in [0.29, 0.717) is 0 Å². The van der Waals surface area contributed by atoms with Gasteiger partial charge in [0.1, 0.15) is 0 Å². The van der Waals surface area contributed by atoms with Gasteiger partial charge in [0, 0.05) is 19.8 Å². The van der Waals surface area contributed by atoms with E-state index in [1.807, 2.05) is 18.2 Å². The molecule has 7 atom stereocenters. The van der Waals surface area contributed by atoms with Crippen molar-refractivity contribution in [2.45, 2.75) is 62.7 Å². The molecule has 2 aromatic rings. The first-order valence-corrected chi connectivity index (χ1v) is 13.3. The van der Waals surface area contributed by atoms with Crippen molar-refractivity contribution in [3.63, 3.8) is 0 Å². The minimum Gasteiger partial charge on any atom is -1.00 e. The zero-order valence-electron chi connectivity index (χ0n) is 19.4. The number of anilines is 1. The third kappa shape index (κ3) is 5.81. The molecular formula is C28H37ClNPPd. The summed E-state index contributed by atoms with van der Waals surface area (Å²) in [4.78, 5) is 2.12. The largest absolute Gasteiger partial charge is 2.00 e.